The molecule has 0 radical (unpaired) electrons. The molecule has 0 aromatic heterocycles. The highest BCUT2D eigenvalue weighted by Gasteiger charge is 2.42. The van der Waals surface area contributed by atoms with E-state index in [4.69, 9.17) is 10.5 Å². The maximum absolute atomic E-state index is 6.05. The van der Waals surface area contributed by atoms with E-state index in [2.05, 4.69) is 27.7 Å². The number of nitrogens with two attached hydrogens (primary N) is 1. The van der Waals surface area contributed by atoms with Gasteiger partial charge in [-0.2, -0.15) is 0 Å². The number of hydrogen-bond donors (Lipinski definition) is 1. The van der Waals surface area contributed by atoms with Crippen LogP contribution in [0.25, 0.3) is 0 Å². The Morgan fingerprint density at radius 1 is 1.33 bits per heavy atom. The standard InChI is InChI=1S/C13H27NO/c1-5-6-15-13(10-14)8-11(2)7-12(3,4)9-13/h11H,5-10,14H2,1-4H3. The molecule has 0 aromatic carbocycles. The lowest BCUT2D eigenvalue weighted by atomic mass is 9.65. The molecule has 1 fully saturated rings. The molecular formula is C13H27NO. The maximum Gasteiger partial charge on any atom is 0.0811 e. The minimum absolute atomic E-state index is 0.0445. The summed E-state index contributed by atoms with van der Waals surface area (Å²) in [6.07, 6.45) is 4.62. The van der Waals surface area contributed by atoms with E-state index < -0.39 is 0 Å². The molecule has 2 heteroatoms. The van der Waals surface area contributed by atoms with Gasteiger partial charge in [-0.25, -0.2) is 0 Å². The summed E-state index contributed by atoms with van der Waals surface area (Å²) in [4.78, 5) is 0. The topological polar surface area (TPSA) is 35.2 Å². The molecule has 1 aliphatic rings. The van der Waals surface area contributed by atoms with Gasteiger partial charge >= 0.3 is 0 Å². The third kappa shape index (κ3) is 3.46. The van der Waals surface area contributed by atoms with Crippen LogP contribution in [0.2, 0.25) is 0 Å². The molecule has 90 valence electrons. The highest BCUT2D eigenvalue weighted by molar-refractivity contribution is 4.95. The quantitative estimate of drug-likeness (QED) is 0.779. The molecule has 2 atom stereocenters. The molecule has 2 unspecified atom stereocenters. The zero-order valence-corrected chi connectivity index (χ0v) is 10.8. The first-order valence-corrected chi connectivity index (χ1v) is 6.27. The molecule has 1 aliphatic carbocycles. The molecule has 0 aliphatic heterocycles. The molecule has 0 saturated heterocycles. The zero-order valence-electron chi connectivity index (χ0n) is 10.8. The second-order valence-electron chi connectivity index (χ2n) is 6.09. The van der Waals surface area contributed by atoms with Crippen LogP contribution in [0.1, 0.15) is 53.4 Å². The lowest BCUT2D eigenvalue weighted by molar-refractivity contribution is -0.105. The van der Waals surface area contributed by atoms with E-state index in [0.717, 1.165) is 31.8 Å². The third-order valence-electron chi connectivity index (χ3n) is 3.41. The Kier molecular flexibility index (Phi) is 4.19. The van der Waals surface area contributed by atoms with Crippen LogP contribution in [-0.4, -0.2) is 18.8 Å². The fourth-order valence-corrected chi connectivity index (χ4v) is 3.31. The van der Waals surface area contributed by atoms with Crippen molar-refractivity contribution < 1.29 is 4.74 Å². The summed E-state index contributed by atoms with van der Waals surface area (Å²) in [5.74, 6) is 0.731. The lowest BCUT2D eigenvalue weighted by Crippen LogP contribution is -2.49. The molecule has 2 N–H and O–H groups in total. The molecule has 0 heterocycles. The summed E-state index contributed by atoms with van der Waals surface area (Å²) in [6, 6.07) is 0. The Bertz CT molecular complexity index is 203. The Morgan fingerprint density at radius 2 is 2.00 bits per heavy atom. The van der Waals surface area contributed by atoms with Gasteiger partial charge in [0.15, 0.2) is 0 Å². The summed E-state index contributed by atoms with van der Waals surface area (Å²) in [5, 5.41) is 0. The molecule has 1 saturated carbocycles. The first-order chi connectivity index (χ1) is 6.93. The van der Waals surface area contributed by atoms with Gasteiger partial charge in [0.1, 0.15) is 0 Å². The fraction of sp³-hybridized carbons (Fsp3) is 1.00. The van der Waals surface area contributed by atoms with E-state index in [1.54, 1.807) is 0 Å². The SMILES string of the molecule is CCCOC1(CN)CC(C)CC(C)(C)C1. The maximum atomic E-state index is 6.05. The van der Waals surface area contributed by atoms with Crippen LogP contribution in [0, 0.1) is 11.3 Å². The average molecular weight is 213 g/mol. The van der Waals surface area contributed by atoms with E-state index in [0.29, 0.717) is 12.0 Å². The predicted molar refractivity (Wildman–Crippen MR) is 64.8 cm³/mol. The van der Waals surface area contributed by atoms with Crippen molar-refractivity contribution in [3.05, 3.63) is 0 Å². The van der Waals surface area contributed by atoms with Crippen LogP contribution in [0.4, 0.5) is 0 Å². The highest BCUT2D eigenvalue weighted by Crippen LogP contribution is 2.45. The fourth-order valence-electron chi connectivity index (χ4n) is 3.31. The summed E-state index contributed by atoms with van der Waals surface area (Å²) < 4.78 is 6.05. The van der Waals surface area contributed by atoms with Crippen LogP contribution in [0.15, 0.2) is 0 Å². The predicted octanol–water partition coefficient (Wildman–Crippen LogP) is 2.96. The zero-order chi connectivity index (χ0) is 11.5. The molecule has 0 amide bonds. The first kappa shape index (κ1) is 13.0. The normalized spacial score (nSPS) is 35.4. The second-order valence-corrected chi connectivity index (χ2v) is 6.09. The van der Waals surface area contributed by atoms with Crippen LogP contribution in [0.3, 0.4) is 0 Å². The second kappa shape index (κ2) is 4.84. The van der Waals surface area contributed by atoms with Crippen molar-refractivity contribution in [2.75, 3.05) is 13.2 Å². The van der Waals surface area contributed by atoms with Gasteiger partial charge in [-0.1, -0.05) is 27.7 Å². The van der Waals surface area contributed by atoms with E-state index in [9.17, 15) is 0 Å². The number of hydrogen-bond acceptors (Lipinski definition) is 2. The Labute approximate surface area is 94.6 Å². The van der Waals surface area contributed by atoms with Gasteiger partial charge in [0, 0.05) is 13.2 Å². The van der Waals surface area contributed by atoms with Crippen molar-refractivity contribution in [1.29, 1.82) is 0 Å². The summed E-state index contributed by atoms with van der Waals surface area (Å²) in [5.41, 5.74) is 6.27. The van der Waals surface area contributed by atoms with E-state index in [1.165, 1.54) is 6.42 Å². The van der Waals surface area contributed by atoms with Gasteiger partial charge in [0.2, 0.25) is 0 Å². The van der Waals surface area contributed by atoms with Crippen molar-refractivity contribution in [2.24, 2.45) is 17.1 Å². The Balaban J connectivity index is 2.70. The molecule has 1 rings (SSSR count). The van der Waals surface area contributed by atoms with E-state index in [-0.39, 0.29) is 5.60 Å². The van der Waals surface area contributed by atoms with Crippen LogP contribution in [0.5, 0.6) is 0 Å². The minimum atomic E-state index is -0.0445. The monoisotopic (exact) mass is 213 g/mol. The van der Waals surface area contributed by atoms with Crippen molar-refractivity contribution in [1.82, 2.24) is 0 Å². The lowest BCUT2D eigenvalue weighted by Gasteiger charge is -2.47. The molecule has 0 bridgehead atoms. The van der Waals surface area contributed by atoms with Gasteiger partial charge < -0.3 is 10.5 Å². The van der Waals surface area contributed by atoms with Crippen molar-refractivity contribution in [3.8, 4) is 0 Å². The Hall–Kier alpha value is -0.0800. The first-order valence-electron chi connectivity index (χ1n) is 6.27. The number of rotatable bonds is 4. The summed E-state index contributed by atoms with van der Waals surface area (Å²) >= 11 is 0. The van der Waals surface area contributed by atoms with Crippen LogP contribution in [-0.2, 0) is 4.74 Å². The van der Waals surface area contributed by atoms with Crippen molar-refractivity contribution in [2.45, 2.75) is 59.0 Å². The molecule has 0 aromatic rings. The molecular weight excluding hydrogens is 186 g/mol. The van der Waals surface area contributed by atoms with Gasteiger partial charge in [-0.05, 0) is 37.0 Å². The molecule has 0 spiro atoms. The van der Waals surface area contributed by atoms with Crippen LogP contribution < -0.4 is 5.73 Å². The van der Waals surface area contributed by atoms with Gasteiger partial charge in [0.25, 0.3) is 0 Å². The Morgan fingerprint density at radius 3 is 2.47 bits per heavy atom. The van der Waals surface area contributed by atoms with Gasteiger partial charge in [-0.15, -0.1) is 0 Å². The largest absolute Gasteiger partial charge is 0.374 e. The van der Waals surface area contributed by atoms with Crippen LogP contribution >= 0.6 is 0 Å². The third-order valence-corrected chi connectivity index (χ3v) is 3.41. The van der Waals surface area contributed by atoms with E-state index in [1.807, 2.05) is 0 Å². The van der Waals surface area contributed by atoms with Gasteiger partial charge in [-0.3, -0.25) is 0 Å². The smallest absolute Gasteiger partial charge is 0.0811 e. The van der Waals surface area contributed by atoms with Crippen molar-refractivity contribution in [3.63, 3.8) is 0 Å². The van der Waals surface area contributed by atoms with Gasteiger partial charge in [0.05, 0.1) is 5.60 Å². The highest BCUT2D eigenvalue weighted by atomic mass is 16.5. The summed E-state index contributed by atoms with van der Waals surface area (Å²) in [6.45, 7) is 10.7. The molecule has 2 nitrogen and oxygen atoms in total. The molecule has 15 heavy (non-hydrogen) atoms. The van der Waals surface area contributed by atoms with Crippen molar-refractivity contribution >= 4 is 0 Å². The number of ether oxygens (including phenoxy) is 1. The van der Waals surface area contributed by atoms with E-state index >= 15 is 0 Å². The minimum Gasteiger partial charge on any atom is -0.374 e. The summed E-state index contributed by atoms with van der Waals surface area (Å²) in [7, 11) is 0. The average Bonchev–Trinajstić information content (AvgIpc) is 2.11.